The van der Waals surface area contributed by atoms with E-state index in [1.807, 2.05) is 0 Å². The number of likely N-dealkylation sites (N-methyl/N-ethyl adjacent to an activating group) is 1. The van der Waals surface area contributed by atoms with Crippen LogP contribution in [0.25, 0.3) is 0 Å². The van der Waals surface area contributed by atoms with Crippen molar-refractivity contribution in [3.8, 4) is 11.5 Å². The molecule has 114 valence electrons. The lowest BCUT2D eigenvalue weighted by atomic mass is 10.1. The quantitative estimate of drug-likeness (QED) is 0.685. The Hall–Kier alpha value is -2.28. The third kappa shape index (κ3) is 3.25. The van der Waals surface area contributed by atoms with Gasteiger partial charge >= 0.3 is 0 Å². The molecule has 7 nitrogen and oxygen atoms in total. The summed E-state index contributed by atoms with van der Waals surface area (Å²) in [7, 11) is 0. The molecule has 2 rings (SSSR count). The molecule has 7 heteroatoms. The van der Waals surface area contributed by atoms with Gasteiger partial charge in [-0.15, -0.1) is 0 Å². The van der Waals surface area contributed by atoms with E-state index >= 15 is 0 Å². The number of hydrogen-bond acceptors (Lipinski definition) is 5. The fourth-order valence-corrected chi connectivity index (χ4v) is 2.21. The molecule has 0 radical (unpaired) electrons. The molecule has 3 N–H and O–H groups in total. The maximum atomic E-state index is 12.5. The van der Waals surface area contributed by atoms with Crippen molar-refractivity contribution in [2.75, 3.05) is 26.3 Å². The number of nitrogens with one attached hydrogen (secondary N) is 1. The standard InChI is InChI=1S/C14H18N2O5/c1-2-15-13(19)11-8-21-6-5-16(11)14(20)10-7-9(17)3-4-12(10)18/h3-4,7,11,17-18H,2,5-6,8H2,1H3,(H,15,19). The molecular formula is C14H18N2O5. The fourth-order valence-electron chi connectivity index (χ4n) is 2.21. The Bertz CT molecular complexity index is 546. The molecule has 2 amide bonds. The average molecular weight is 294 g/mol. The molecule has 1 saturated heterocycles. The van der Waals surface area contributed by atoms with Crippen molar-refractivity contribution in [1.29, 1.82) is 0 Å². The van der Waals surface area contributed by atoms with Gasteiger partial charge in [0.2, 0.25) is 5.91 Å². The van der Waals surface area contributed by atoms with Crippen LogP contribution < -0.4 is 5.32 Å². The van der Waals surface area contributed by atoms with Gasteiger partial charge in [0.05, 0.1) is 18.8 Å². The van der Waals surface area contributed by atoms with Gasteiger partial charge in [-0.25, -0.2) is 0 Å². The molecule has 0 saturated carbocycles. The van der Waals surface area contributed by atoms with Crippen molar-refractivity contribution < 1.29 is 24.5 Å². The first-order chi connectivity index (χ1) is 10.0. The van der Waals surface area contributed by atoms with Gasteiger partial charge in [0.15, 0.2) is 0 Å². The molecule has 0 aliphatic carbocycles. The fraction of sp³-hybridized carbons (Fsp3) is 0.429. The van der Waals surface area contributed by atoms with E-state index in [0.717, 1.165) is 0 Å². The van der Waals surface area contributed by atoms with Crippen LogP contribution in [0, 0.1) is 0 Å². The molecule has 1 aromatic carbocycles. The van der Waals surface area contributed by atoms with E-state index in [1.54, 1.807) is 6.92 Å². The van der Waals surface area contributed by atoms with E-state index in [1.165, 1.54) is 23.1 Å². The Morgan fingerprint density at radius 3 is 2.90 bits per heavy atom. The zero-order valence-electron chi connectivity index (χ0n) is 11.7. The molecular weight excluding hydrogens is 276 g/mol. The number of aromatic hydroxyl groups is 2. The number of carbonyl (C=O) groups is 2. The normalized spacial score (nSPS) is 18.3. The van der Waals surface area contributed by atoms with Gasteiger partial charge in [-0.1, -0.05) is 0 Å². The summed E-state index contributed by atoms with van der Waals surface area (Å²) in [5.74, 6) is -1.17. The summed E-state index contributed by atoms with van der Waals surface area (Å²) in [4.78, 5) is 25.9. The van der Waals surface area contributed by atoms with Crippen LogP contribution >= 0.6 is 0 Å². The van der Waals surface area contributed by atoms with Crippen LogP contribution in [0.1, 0.15) is 17.3 Å². The van der Waals surface area contributed by atoms with E-state index in [4.69, 9.17) is 4.74 Å². The topological polar surface area (TPSA) is 99.1 Å². The SMILES string of the molecule is CCNC(=O)C1COCCN1C(=O)c1cc(O)ccc1O. The number of rotatable bonds is 3. The predicted octanol–water partition coefficient (Wildman–Crippen LogP) is 0.0749. The molecule has 0 bridgehead atoms. The molecule has 1 aliphatic rings. The third-order valence-corrected chi connectivity index (χ3v) is 3.25. The summed E-state index contributed by atoms with van der Waals surface area (Å²) in [5.41, 5.74) is -0.0359. The van der Waals surface area contributed by atoms with Gasteiger partial charge in [0.25, 0.3) is 5.91 Å². The first-order valence-corrected chi connectivity index (χ1v) is 6.73. The van der Waals surface area contributed by atoms with E-state index in [0.29, 0.717) is 13.2 Å². The average Bonchev–Trinajstić information content (AvgIpc) is 2.49. The van der Waals surface area contributed by atoms with Crippen molar-refractivity contribution in [2.45, 2.75) is 13.0 Å². The van der Waals surface area contributed by atoms with E-state index in [2.05, 4.69) is 5.32 Å². The Balaban J connectivity index is 2.26. The largest absolute Gasteiger partial charge is 0.508 e. The number of benzene rings is 1. The van der Waals surface area contributed by atoms with Crippen LogP contribution in [0.4, 0.5) is 0 Å². The van der Waals surface area contributed by atoms with Gasteiger partial charge in [0, 0.05) is 13.1 Å². The van der Waals surface area contributed by atoms with Crippen LogP contribution in [0.15, 0.2) is 18.2 Å². The van der Waals surface area contributed by atoms with Crippen molar-refractivity contribution in [3.05, 3.63) is 23.8 Å². The molecule has 0 aromatic heterocycles. The van der Waals surface area contributed by atoms with E-state index in [-0.39, 0.29) is 36.1 Å². The summed E-state index contributed by atoms with van der Waals surface area (Å²) in [5, 5.41) is 21.9. The smallest absolute Gasteiger partial charge is 0.258 e. The maximum Gasteiger partial charge on any atom is 0.258 e. The number of ether oxygens (including phenoxy) is 1. The van der Waals surface area contributed by atoms with Crippen LogP contribution in [-0.2, 0) is 9.53 Å². The zero-order valence-corrected chi connectivity index (χ0v) is 11.7. The first-order valence-electron chi connectivity index (χ1n) is 6.73. The minimum Gasteiger partial charge on any atom is -0.508 e. The molecule has 1 aliphatic heterocycles. The number of phenolic OH excluding ortho intramolecular Hbond substituents is 2. The lowest BCUT2D eigenvalue weighted by Crippen LogP contribution is -2.55. The lowest BCUT2D eigenvalue weighted by molar-refractivity contribution is -0.130. The molecule has 1 aromatic rings. The molecule has 1 atom stereocenters. The summed E-state index contributed by atoms with van der Waals surface area (Å²) >= 11 is 0. The summed E-state index contributed by atoms with van der Waals surface area (Å²) < 4.78 is 5.25. The number of carbonyl (C=O) groups excluding carboxylic acids is 2. The summed E-state index contributed by atoms with van der Waals surface area (Å²) in [6.45, 7) is 2.91. The minimum atomic E-state index is -0.743. The predicted molar refractivity (Wildman–Crippen MR) is 74.1 cm³/mol. The number of phenols is 2. The maximum absolute atomic E-state index is 12.5. The van der Waals surface area contributed by atoms with Crippen molar-refractivity contribution in [1.82, 2.24) is 10.2 Å². The molecule has 1 heterocycles. The van der Waals surface area contributed by atoms with Crippen LogP contribution in [0.3, 0.4) is 0 Å². The second kappa shape index (κ2) is 6.45. The first kappa shape index (κ1) is 15.1. The highest BCUT2D eigenvalue weighted by atomic mass is 16.5. The zero-order chi connectivity index (χ0) is 15.4. The number of nitrogens with zero attached hydrogens (tertiary/aromatic N) is 1. The van der Waals surface area contributed by atoms with E-state index < -0.39 is 11.9 Å². The number of hydrogen-bond donors (Lipinski definition) is 3. The van der Waals surface area contributed by atoms with Crippen LogP contribution in [0.2, 0.25) is 0 Å². The lowest BCUT2D eigenvalue weighted by Gasteiger charge is -2.34. The summed E-state index contributed by atoms with van der Waals surface area (Å²) in [6, 6.07) is 2.96. The summed E-state index contributed by atoms with van der Waals surface area (Å²) in [6.07, 6.45) is 0. The highest BCUT2D eigenvalue weighted by Crippen LogP contribution is 2.25. The number of morpholine rings is 1. The Morgan fingerprint density at radius 2 is 2.19 bits per heavy atom. The molecule has 1 fully saturated rings. The van der Waals surface area contributed by atoms with Crippen LogP contribution in [0.5, 0.6) is 11.5 Å². The van der Waals surface area contributed by atoms with Gasteiger partial charge < -0.3 is 25.2 Å². The monoisotopic (exact) mass is 294 g/mol. The Labute approximate surface area is 122 Å². The van der Waals surface area contributed by atoms with Crippen LogP contribution in [-0.4, -0.2) is 59.3 Å². The molecule has 1 unspecified atom stereocenters. The second-order valence-corrected chi connectivity index (χ2v) is 4.69. The van der Waals surface area contributed by atoms with Crippen molar-refractivity contribution in [2.24, 2.45) is 0 Å². The highest BCUT2D eigenvalue weighted by Gasteiger charge is 2.34. The third-order valence-electron chi connectivity index (χ3n) is 3.25. The van der Waals surface area contributed by atoms with Crippen molar-refractivity contribution in [3.63, 3.8) is 0 Å². The van der Waals surface area contributed by atoms with Gasteiger partial charge in [-0.3, -0.25) is 9.59 Å². The van der Waals surface area contributed by atoms with Gasteiger partial charge in [-0.05, 0) is 25.1 Å². The Morgan fingerprint density at radius 1 is 1.43 bits per heavy atom. The number of amides is 2. The van der Waals surface area contributed by atoms with Gasteiger partial charge in [-0.2, -0.15) is 0 Å². The molecule has 0 spiro atoms. The van der Waals surface area contributed by atoms with Gasteiger partial charge in [0.1, 0.15) is 17.5 Å². The minimum absolute atomic E-state index is 0.0359. The molecule has 21 heavy (non-hydrogen) atoms. The van der Waals surface area contributed by atoms with E-state index in [9.17, 15) is 19.8 Å². The van der Waals surface area contributed by atoms with Crippen molar-refractivity contribution >= 4 is 11.8 Å². The second-order valence-electron chi connectivity index (χ2n) is 4.69. The Kier molecular flexibility index (Phi) is 4.64. The highest BCUT2D eigenvalue weighted by molar-refractivity contribution is 6.00.